The van der Waals surface area contributed by atoms with Crippen LogP contribution in [0.15, 0.2) is 22.8 Å². The molecule has 0 N–H and O–H groups in total. The normalized spacial score (nSPS) is 17.7. The number of amides is 1. The lowest BCUT2D eigenvalue weighted by molar-refractivity contribution is -0.128. The van der Waals surface area contributed by atoms with Crippen LogP contribution in [0.5, 0.6) is 0 Å². The van der Waals surface area contributed by atoms with Crippen LogP contribution in [0.2, 0.25) is 0 Å². The average Bonchev–Trinajstić information content (AvgIpc) is 3.24. The van der Waals surface area contributed by atoms with Gasteiger partial charge in [-0.15, -0.1) is 0 Å². The first-order chi connectivity index (χ1) is 11.9. The van der Waals surface area contributed by atoms with Crippen molar-refractivity contribution in [3.05, 3.63) is 41.1 Å². The first-order valence-corrected chi connectivity index (χ1v) is 8.76. The zero-order chi connectivity index (χ0) is 18.1. The van der Waals surface area contributed by atoms with Gasteiger partial charge in [-0.3, -0.25) is 9.59 Å². The van der Waals surface area contributed by atoms with Gasteiger partial charge < -0.3 is 9.32 Å². The molecule has 2 aromatic rings. The van der Waals surface area contributed by atoms with Gasteiger partial charge in [0.15, 0.2) is 0 Å². The van der Waals surface area contributed by atoms with Crippen LogP contribution >= 0.6 is 0 Å². The zero-order valence-electron chi connectivity index (χ0n) is 15.3. The average molecular weight is 343 g/mol. The van der Waals surface area contributed by atoms with Crippen molar-refractivity contribution in [1.82, 2.24) is 14.7 Å². The molecule has 6 nitrogen and oxygen atoms in total. The van der Waals surface area contributed by atoms with Crippen LogP contribution in [-0.2, 0) is 17.8 Å². The summed E-state index contributed by atoms with van der Waals surface area (Å²) in [6.45, 7) is 9.01. The lowest BCUT2D eigenvalue weighted by Crippen LogP contribution is -2.28. The van der Waals surface area contributed by atoms with Crippen molar-refractivity contribution in [2.24, 2.45) is 11.8 Å². The molecule has 0 aromatic carbocycles. The third-order valence-electron chi connectivity index (χ3n) is 4.75. The van der Waals surface area contributed by atoms with Gasteiger partial charge in [0.1, 0.15) is 5.76 Å². The van der Waals surface area contributed by atoms with E-state index in [0.717, 1.165) is 29.1 Å². The first kappa shape index (κ1) is 17.5. The van der Waals surface area contributed by atoms with Crippen molar-refractivity contribution in [2.45, 2.75) is 47.1 Å². The molecule has 0 bridgehead atoms. The topological polar surface area (TPSA) is 68.3 Å². The molecule has 0 saturated carbocycles. The van der Waals surface area contributed by atoms with Gasteiger partial charge in [-0.05, 0) is 43.9 Å². The van der Waals surface area contributed by atoms with E-state index in [1.165, 1.54) is 4.68 Å². The second-order valence-electron chi connectivity index (χ2n) is 7.25. The van der Waals surface area contributed by atoms with E-state index in [1.807, 2.05) is 19.9 Å². The number of aryl methyl sites for hydroxylation is 1. The molecule has 1 saturated heterocycles. The number of carbonyl (C=O) groups is 2. The van der Waals surface area contributed by atoms with Crippen LogP contribution < -0.4 is 0 Å². The molecule has 3 rings (SSSR count). The fourth-order valence-electron chi connectivity index (χ4n) is 3.45. The van der Waals surface area contributed by atoms with E-state index in [-0.39, 0.29) is 24.2 Å². The van der Waals surface area contributed by atoms with Crippen molar-refractivity contribution in [1.29, 1.82) is 0 Å². The highest BCUT2D eigenvalue weighted by molar-refractivity contribution is 5.90. The Morgan fingerprint density at radius 3 is 2.80 bits per heavy atom. The highest BCUT2D eigenvalue weighted by Crippen LogP contribution is 2.24. The molecule has 25 heavy (non-hydrogen) atoms. The number of hydrogen-bond acceptors (Lipinski definition) is 4. The van der Waals surface area contributed by atoms with Gasteiger partial charge in [0.05, 0.1) is 24.4 Å². The van der Waals surface area contributed by atoms with Crippen molar-refractivity contribution in [3.63, 3.8) is 0 Å². The van der Waals surface area contributed by atoms with E-state index in [1.54, 1.807) is 17.2 Å². The van der Waals surface area contributed by atoms with E-state index < -0.39 is 0 Å². The standard InChI is InChI=1S/C19H25N3O3/c1-12(2)8-17-13(3)20-22(14(17)4)19(24)15-9-18(23)21(10-15)11-16-6-5-7-25-16/h5-7,12,15H,8-11H2,1-4H3. The maximum absolute atomic E-state index is 12.9. The van der Waals surface area contributed by atoms with Gasteiger partial charge >= 0.3 is 0 Å². The smallest absolute Gasteiger partial charge is 0.252 e. The molecule has 1 fully saturated rings. The summed E-state index contributed by atoms with van der Waals surface area (Å²) in [5.74, 6) is 0.769. The predicted molar refractivity (Wildman–Crippen MR) is 93.1 cm³/mol. The molecule has 1 aliphatic rings. The number of likely N-dealkylation sites (tertiary alicyclic amines) is 1. The second kappa shape index (κ2) is 6.86. The predicted octanol–water partition coefficient (Wildman–Crippen LogP) is 2.98. The number of furan rings is 1. The third-order valence-corrected chi connectivity index (χ3v) is 4.75. The Balaban J connectivity index is 1.74. The second-order valence-corrected chi connectivity index (χ2v) is 7.25. The van der Waals surface area contributed by atoms with Crippen LogP contribution in [0.1, 0.15) is 47.8 Å². The molecule has 1 atom stereocenters. The Hall–Kier alpha value is -2.37. The minimum Gasteiger partial charge on any atom is -0.467 e. The van der Waals surface area contributed by atoms with Crippen LogP contribution in [0.25, 0.3) is 0 Å². The molecule has 0 spiro atoms. The van der Waals surface area contributed by atoms with Crippen LogP contribution in [0.3, 0.4) is 0 Å². The van der Waals surface area contributed by atoms with E-state index in [9.17, 15) is 9.59 Å². The molecule has 1 unspecified atom stereocenters. The van der Waals surface area contributed by atoms with Gasteiger partial charge in [0, 0.05) is 18.7 Å². The molecular weight excluding hydrogens is 318 g/mol. The summed E-state index contributed by atoms with van der Waals surface area (Å²) in [6.07, 6.45) is 2.72. The number of nitrogens with zero attached hydrogens (tertiary/aromatic N) is 3. The summed E-state index contributed by atoms with van der Waals surface area (Å²) in [7, 11) is 0. The van der Waals surface area contributed by atoms with E-state index in [0.29, 0.717) is 19.0 Å². The van der Waals surface area contributed by atoms with Gasteiger partial charge in [-0.2, -0.15) is 5.10 Å². The van der Waals surface area contributed by atoms with Crippen LogP contribution in [0.4, 0.5) is 0 Å². The fourth-order valence-corrected chi connectivity index (χ4v) is 3.45. The van der Waals surface area contributed by atoms with Gasteiger partial charge in [0.2, 0.25) is 5.91 Å². The van der Waals surface area contributed by atoms with Crippen molar-refractivity contribution in [3.8, 4) is 0 Å². The van der Waals surface area contributed by atoms with E-state index in [2.05, 4.69) is 18.9 Å². The van der Waals surface area contributed by atoms with Crippen molar-refractivity contribution < 1.29 is 14.0 Å². The maximum atomic E-state index is 12.9. The third kappa shape index (κ3) is 3.52. The zero-order valence-corrected chi connectivity index (χ0v) is 15.3. The number of hydrogen-bond donors (Lipinski definition) is 0. The summed E-state index contributed by atoms with van der Waals surface area (Å²) in [6, 6.07) is 3.63. The van der Waals surface area contributed by atoms with E-state index >= 15 is 0 Å². The molecule has 1 amide bonds. The summed E-state index contributed by atoms with van der Waals surface area (Å²) >= 11 is 0. The number of aromatic nitrogens is 2. The van der Waals surface area contributed by atoms with Gasteiger partial charge in [-0.1, -0.05) is 13.8 Å². The molecule has 0 radical (unpaired) electrons. The molecule has 2 aromatic heterocycles. The molecule has 3 heterocycles. The largest absolute Gasteiger partial charge is 0.467 e. The monoisotopic (exact) mass is 343 g/mol. The highest BCUT2D eigenvalue weighted by Gasteiger charge is 2.36. The minimum atomic E-state index is -0.354. The van der Waals surface area contributed by atoms with Gasteiger partial charge in [0.25, 0.3) is 5.91 Å². The highest BCUT2D eigenvalue weighted by atomic mass is 16.3. The minimum absolute atomic E-state index is 0.0151. The molecular formula is C19H25N3O3. The lowest BCUT2D eigenvalue weighted by atomic mass is 10.0. The quantitative estimate of drug-likeness (QED) is 0.837. The Bertz CT molecular complexity index is 774. The lowest BCUT2D eigenvalue weighted by Gasteiger charge is -2.15. The van der Waals surface area contributed by atoms with Gasteiger partial charge in [-0.25, -0.2) is 4.68 Å². The summed E-state index contributed by atoms with van der Waals surface area (Å²) in [5.41, 5.74) is 2.93. The Labute approximate surface area is 147 Å². The maximum Gasteiger partial charge on any atom is 0.252 e. The number of carbonyl (C=O) groups excluding carboxylic acids is 2. The SMILES string of the molecule is Cc1nn(C(=O)C2CC(=O)N(Cc3ccco3)C2)c(C)c1CC(C)C. The van der Waals surface area contributed by atoms with Crippen LogP contribution in [-0.4, -0.2) is 33.0 Å². The molecule has 1 aliphatic heterocycles. The van der Waals surface area contributed by atoms with Crippen molar-refractivity contribution in [2.75, 3.05) is 6.54 Å². The Morgan fingerprint density at radius 2 is 2.16 bits per heavy atom. The number of rotatable bonds is 5. The molecule has 0 aliphatic carbocycles. The first-order valence-electron chi connectivity index (χ1n) is 8.76. The van der Waals surface area contributed by atoms with E-state index in [4.69, 9.17) is 4.42 Å². The Kier molecular flexibility index (Phi) is 4.79. The summed E-state index contributed by atoms with van der Waals surface area (Å²) < 4.78 is 6.80. The molecule has 134 valence electrons. The molecule has 6 heteroatoms. The summed E-state index contributed by atoms with van der Waals surface area (Å²) in [5, 5.41) is 4.45. The van der Waals surface area contributed by atoms with Crippen molar-refractivity contribution >= 4 is 11.8 Å². The fraction of sp³-hybridized carbons (Fsp3) is 0.526. The van der Waals surface area contributed by atoms with Crippen LogP contribution in [0, 0.1) is 25.7 Å². The summed E-state index contributed by atoms with van der Waals surface area (Å²) in [4.78, 5) is 26.8. The Morgan fingerprint density at radius 1 is 1.40 bits per heavy atom.